The number of para-hydroxylation sites is 1. The van der Waals surface area contributed by atoms with E-state index in [1.54, 1.807) is 23.6 Å². The molecule has 6 nitrogen and oxygen atoms in total. The Balaban J connectivity index is 1.67. The molecule has 29 heavy (non-hydrogen) atoms. The van der Waals surface area contributed by atoms with Crippen molar-refractivity contribution in [2.24, 2.45) is 0 Å². The van der Waals surface area contributed by atoms with Crippen LogP contribution in [0.25, 0.3) is 0 Å². The first-order chi connectivity index (χ1) is 13.9. The summed E-state index contributed by atoms with van der Waals surface area (Å²) in [7, 11) is 0. The minimum absolute atomic E-state index is 0.165. The highest BCUT2D eigenvalue weighted by atomic mass is 32.2. The number of carbonyl (C=O) groups excluding carboxylic acids is 3. The maximum atomic E-state index is 13.4. The van der Waals surface area contributed by atoms with Crippen molar-refractivity contribution in [3.63, 3.8) is 0 Å². The first kappa shape index (κ1) is 19.5. The fourth-order valence-corrected chi connectivity index (χ4v) is 4.93. The molecule has 4 amide bonds. The molecule has 0 aliphatic carbocycles. The number of amides is 4. The molecule has 7 heteroatoms. The van der Waals surface area contributed by atoms with E-state index >= 15 is 0 Å². The van der Waals surface area contributed by atoms with E-state index in [0.29, 0.717) is 12.2 Å². The molecule has 2 heterocycles. The summed E-state index contributed by atoms with van der Waals surface area (Å²) < 4.78 is 0. The van der Waals surface area contributed by atoms with Gasteiger partial charge in [-0.3, -0.25) is 14.5 Å². The first-order valence-electron chi connectivity index (χ1n) is 9.67. The van der Waals surface area contributed by atoms with Crippen molar-refractivity contribution in [2.45, 2.75) is 36.7 Å². The first-order valence-corrected chi connectivity index (χ1v) is 10.7. The lowest BCUT2D eigenvalue weighted by atomic mass is 9.99. The van der Waals surface area contributed by atoms with Crippen LogP contribution in [0.15, 0.2) is 59.5 Å². The van der Waals surface area contributed by atoms with E-state index in [1.165, 1.54) is 0 Å². The van der Waals surface area contributed by atoms with Gasteiger partial charge in [0, 0.05) is 10.6 Å². The average molecular weight is 410 g/mol. The Morgan fingerprint density at radius 3 is 2.52 bits per heavy atom. The van der Waals surface area contributed by atoms with Crippen LogP contribution in [-0.4, -0.2) is 40.6 Å². The van der Waals surface area contributed by atoms with Gasteiger partial charge in [0.25, 0.3) is 5.91 Å². The highest BCUT2D eigenvalue weighted by Gasteiger charge is 2.48. The van der Waals surface area contributed by atoms with Gasteiger partial charge in [0.15, 0.2) is 0 Å². The Bertz CT molecular complexity index is 965. The molecule has 2 aromatic rings. The van der Waals surface area contributed by atoms with Gasteiger partial charge in [-0.2, -0.15) is 0 Å². The van der Waals surface area contributed by atoms with E-state index < -0.39 is 11.6 Å². The van der Waals surface area contributed by atoms with E-state index in [2.05, 4.69) is 5.32 Å². The number of carbonyl (C=O) groups is 3. The highest BCUT2D eigenvalue weighted by molar-refractivity contribution is 7.99. The van der Waals surface area contributed by atoms with Crippen LogP contribution in [0.4, 0.5) is 10.5 Å². The number of hydrogen-bond donors (Lipinski definition) is 1. The number of urea groups is 1. The largest absolute Gasteiger partial charge is 0.325 e. The van der Waals surface area contributed by atoms with Gasteiger partial charge >= 0.3 is 6.03 Å². The minimum Gasteiger partial charge on any atom is -0.323 e. The summed E-state index contributed by atoms with van der Waals surface area (Å²) in [4.78, 5) is 42.4. The number of rotatable bonds is 4. The van der Waals surface area contributed by atoms with E-state index in [4.69, 9.17) is 0 Å². The second-order valence-electron chi connectivity index (χ2n) is 7.48. The molecule has 2 aliphatic heterocycles. The van der Waals surface area contributed by atoms with Crippen LogP contribution in [-0.2, 0) is 9.59 Å². The van der Waals surface area contributed by atoms with Crippen LogP contribution in [0.3, 0.4) is 0 Å². The van der Waals surface area contributed by atoms with Gasteiger partial charge in [-0.05, 0) is 31.0 Å². The summed E-state index contributed by atoms with van der Waals surface area (Å²) in [6.45, 7) is 3.26. The molecule has 2 aromatic carbocycles. The Kier molecular flexibility index (Phi) is 5.08. The summed E-state index contributed by atoms with van der Waals surface area (Å²) in [6.07, 6.45) is 0.470. The van der Waals surface area contributed by atoms with Crippen molar-refractivity contribution in [3.05, 3.63) is 60.2 Å². The third kappa shape index (κ3) is 3.40. The van der Waals surface area contributed by atoms with Crippen LogP contribution in [0, 0.1) is 0 Å². The number of nitrogens with one attached hydrogen (secondary N) is 1. The Labute approximate surface area is 174 Å². The molecule has 1 saturated heterocycles. The lowest BCUT2D eigenvalue weighted by molar-refractivity contribution is -0.134. The fraction of sp³-hybridized carbons (Fsp3) is 0.318. The third-order valence-corrected chi connectivity index (χ3v) is 6.77. The predicted molar refractivity (Wildman–Crippen MR) is 113 cm³/mol. The van der Waals surface area contributed by atoms with E-state index in [0.717, 1.165) is 21.0 Å². The van der Waals surface area contributed by atoms with Crippen molar-refractivity contribution in [1.82, 2.24) is 10.2 Å². The van der Waals surface area contributed by atoms with E-state index in [-0.39, 0.29) is 24.4 Å². The monoisotopic (exact) mass is 409 g/mol. The number of anilines is 1. The van der Waals surface area contributed by atoms with Crippen molar-refractivity contribution in [1.29, 1.82) is 0 Å². The zero-order valence-corrected chi connectivity index (χ0v) is 17.2. The second-order valence-corrected chi connectivity index (χ2v) is 8.54. The molecule has 0 saturated carbocycles. The van der Waals surface area contributed by atoms with Gasteiger partial charge in [0.1, 0.15) is 12.1 Å². The number of imide groups is 1. The van der Waals surface area contributed by atoms with Crippen LogP contribution < -0.4 is 10.2 Å². The van der Waals surface area contributed by atoms with Gasteiger partial charge in [0.2, 0.25) is 5.91 Å². The topological polar surface area (TPSA) is 69.7 Å². The summed E-state index contributed by atoms with van der Waals surface area (Å²) in [5.74, 6) is 0.0873. The lowest BCUT2D eigenvalue weighted by Gasteiger charge is -2.37. The number of thioether (sulfide) groups is 1. The molecule has 2 aliphatic rings. The molecule has 0 radical (unpaired) electrons. The van der Waals surface area contributed by atoms with Crippen LogP contribution in [0.1, 0.15) is 31.9 Å². The summed E-state index contributed by atoms with van der Waals surface area (Å²) in [5, 5.41) is 2.71. The summed E-state index contributed by atoms with van der Waals surface area (Å²) in [6, 6.07) is 16.9. The SMILES string of the molecule is CCC1(C)NC(=O)N(CC(=O)N2c3ccccc3SCC2c2ccccc2)C1=O. The maximum Gasteiger partial charge on any atom is 0.325 e. The minimum atomic E-state index is -0.953. The molecule has 2 atom stereocenters. The number of nitrogens with zero attached hydrogens (tertiary/aromatic N) is 2. The molecule has 0 spiro atoms. The molecule has 2 unspecified atom stereocenters. The third-order valence-electron chi connectivity index (χ3n) is 5.63. The van der Waals surface area contributed by atoms with E-state index in [1.807, 2.05) is 61.5 Å². The zero-order chi connectivity index (χ0) is 20.6. The average Bonchev–Trinajstić information content (AvgIpc) is 2.97. The molecule has 1 N–H and O–H groups in total. The Morgan fingerprint density at radius 2 is 1.83 bits per heavy atom. The van der Waals surface area contributed by atoms with Crippen molar-refractivity contribution in [2.75, 3.05) is 17.2 Å². The van der Waals surface area contributed by atoms with Gasteiger partial charge < -0.3 is 10.2 Å². The fourth-order valence-electron chi connectivity index (χ4n) is 3.76. The predicted octanol–water partition coefficient (Wildman–Crippen LogP) is 3.59. The van der Waals surface area contributed by atoms with Crippen LogP contribution >= 0.6 is 11.8 Å². The lowest BCUT2D eigenvalue weighted by Crippen LogP contribution is -2.47. The second kappa shape index (κ2) is 7.55. The molecule has 0 aromatic heterocycles. The smallest absolute Gasteiger partial charge is 0.323 e. The maximum absolute atomic E-state index is 13.4. The van der Waals surface area contributed by atoms with E-state index in [9.17, 15) is 14.4 Å². The quantitative estimate of drug-likeness (QED) is 0.784. The number of fused-ring (bicyclic) bond motifs is 1. The zero-order valence-electron chi connectivity index (χ0n) is 16.4. The molecule has 150 valence electrons. The van der Waals surface area contributed by atoms with Gasteiger partial charge in [-0.15, -0.1) is 11.8 Å². The highest BCUT2D eigenvalue weighted by Crippen LogP contribution is 2.43. The molecule has 1 fully saturated rings. The number of benzene rings is 2. The molecule has 4 rings (SSSR count). The normalized spacial score (nSPS) is 23.7. The van der Waals surface area contributed by atoms with Crippen LogP contribution in [0.2, 0.25) is 0 Å². The van der Waals surface area contributed by atoms with Crippen LogP contribution in [0.5, 0.6) is 0 Å². The summed E-state index contributed by atoms with van der Waals surface area (Å²) >= 11 is 1.71. The van der Waals surface area contributed by atoms with Gasteiger partial charge in [0.05, 0.1) is 11.7 Å². The molecular formula is C22H23N3O3S. The Morgan fingerprint density at radius 1 is 1.14 bits per heavy atom. The van der Waals surface area contributed by atoms with Crippen molar-refractivity contribution in [3.8, 4) is 0 Å². The molecular weight excluding hydrogens is 386 g/mol. The summed E-state index contributed by atoms with van der Waals surface area (Å²) in [5.41, 5.74) is 0.887. The van der Waals surface area contributed by atoms with Crippen molar-refractivity contribution < 1.29 is 14.4 Å². The van der Waals surface area contributed by atoms with Gasteiger partial charge in [-0.25, -0.2) is 4.79 Å². The Hall–Kier alpha value is -2.80. The molecule has 0 bridgehead atoms. The standard InChI is InChI=1S/C22H23N3O3S/c1-3-22(2)20(27)24(21(28)23-22)13-19(26)25-16-11-7-8-12-18(16)29-14-17(25)15-9-5-4-6-10-15/h4-12,17H,3,13-14H2,1-2H3,(H,23,28). The van der Waals surface area contributed by atoms with Gasteiger partial charge in [-0.1, -0.05) is 49.4 Å². The van der Waals surface area contributed by atoms with Crippen molar-refractivity contribution >= 4 is 35.3 Å². The number of hydrogen-bond acceptors (Lipinski definition) is 4.